The number of carboxylic acids is 1. The van der Waals surface area contributed by atoms with Crippen molar-refractivity contribution in [3.8, 4) is 11.9 Å². The maximum Gasteiger partial charge on any atom is 0.335 e. The van der Waals surface area contributed by atoms with E-state index in [1.807, 2.05) is 18.2 Å². The average molecular weight is 585 g/mol. The van der Waals surface area contributed by atoms with Crippen LogP contribution in [-0.4, -0.2) is 68.9 Å². The Kier molecular flexibility index (Phi) is 7.97. The van der Waals surface area contributed by atoms with Gasteiger partial charge in [0.1, 0.15) is 24.1 Å². The highest BCUT2D eigenvalue weighted by Gasteiger charge is 2.32. The summed E-state index contributed by atoms with van der Waals surface area (Å²) < 4.78 is 28.0. The van der Waals surface area contributed by atoms with Gasteiger partial charge in [0.15, 0.2) is 0 Å². The number of pyridine rings is 1. The Morgan fingerprint density at radius 2 is 2.05 bits per heavy atom. The third-order valence-corrected chi connectivity index (χ3v) is 8.35. The minimum Gasteiger partial charge on any atom is -0.478 e. The van der Waals surface area contributed by atoms with Crippen molar-refractivity contribution in [3.05, 3.63) is 82.9 Å². The zero-order chi connectivity index (χ0) is 30.1. The van der Waals surface area contributed by atoms with Gasteiger partial charge < -0.3 is 24.0 Å². The summed E-state index contributed by atoms with van der Waals surface area (Å²) in [6, 6.07) is 17.1. The SMILES string of the molecule is CC(c1nc2ccc(C(=O)O)cc2n1C[C@@H]1CCO1)N1CCN(c2cccc(OCc3ccc(C#N)cc3F)n2)C(C)C1. The van der Waals surface area contributed by atoms with Crippen LogP contribution in [0.3, 0.4) is 0 Å². The van der Waals surface area contributed by atoms with E-state index >= 15 is 0 Å². The Hall–Kier alpha value is -4.53. The molecule has 11 heteroatoms. The fraction of sp³-hybridized carbons (Fsp3) is 0.375. The van der Waals surface area contributed by atoms with Gasteiger partial charge in [0.2, 0.25) is 5.88 Å². The Balaban J connectivity index is 1.16. The molecule has 0 bridgehead atoms. The van der Waals surface area contributed by atoms with Crippen molar-refractivity contribution in [2.75, 3.05) is 31.1 Å². The molecule has 0 spiro atoms. The van der Waals surface area contributed by atoms with Crippen LogP contribution in [-0.2, 0) is 17.9 Å². The summed E-state index contributed by atoms with van der Waals surface area (Å²) in [5, 5.41) is 18.5. The van der Waals surface area contributed by atoms with Gasteiger partial charge in [0, 0.05) is 43.9 Å². The molecule has 2 unspecified atom stereocenters. The Morgan fingerprint density at radius 3 is 2.74 bits per heavy atom. The number of aromatic carboxylic acids is 1. The van der Waals surface area contributed by atoms with Crippen LogP contribution >= 0.6 is 0 Å². The number of halogens is 1. The molecule has 1 N–H and O–H groups in total. The first kappa shape index (κ1) is 28.6. The van der Waals surface area contributed by atoms with E-state index in [2.05, 4.69) is 28.2 Å². The molecule has 3 atom stereocenters. The van der Waals surface area contributed by atoms with Gasteiger partial charge in [-0.05, 0) is 56.7 Å². The van der Waals surface area contributed by atoms with E-state index in [1.54, 1.807) is 36.4 Å². The minimum absolute atomic E-state index is 0.00435. The maximum absolute atomic E-state index is 14.3. The van der Waals surface area contributed by atoms with Gasteiger partial charge >= 0.3 is 5.97 Å². The normalized spacial score (nSPS) is 19.5. The standard InChI is InChI=1S/C32H33FN6O4/c1-20-17-37(21(2)31-35-27-9-8-23(32(40)41)15-28(27)39(31)18-25-10-13-42-25)11-12-38(20)29-4-3-5-30(36-29)43-19-24-7-6-22(16-34)14-26(24)33/h3-9,14-15,20-21,25H,10-13,17-19H2,1-2H3,(H,40,41)/t20?,21?,25-/m0/s1. The second-order valence-corrected chi connectivity index (χ2v) is 11.1. The van der Waals surface area contributed by atoms with Gasteiger partial charge in [-0.3, -0.25) is 4.90 Å². The lowest BCUT2D eigenvalue weighted by Gasteiger charge is -2.43. The number of fused-ring (bicyclic) bond motifs is 1. The number of hydrogen-bond acceptors (Lipinski definition) is 8. The number of ether oxygens (including phenoxy) is 2. The van der Waals surface area contributed by atoms with Crippen LogP contribution in [0.5, 0.6) is 5.88 Å². The number of imidazole rings is 1. The van der Waals surface area contributed by atoms with Crippen molar-refractivity contribution in [3.63, 3.8) is 0 Å². The number of anilines is 1. The predicted molar refractivity (Wildman–Crippen MR) is 158 cm³/mol. The first-order valence-corrected chi connectivity index (χ1v) is 14.4. The number of piperazine rings is 1. The van der Waals surface area contributed by atoms with Crippen molar-refractivity contribution in [2.45, 2.75) is 51.6 Å². The van der Waals surface area contributed by atoms with E-state index in [9.17, 15) is 14.3 Å². The number of carbonyl (C=O) groups is 1. The monoisotopic (exact) mass is 584 g/mol. The summed E-state index contributed by atoms with van der Waals surface area (Å²) in [5.41, 5.74) is 2.45. The Morgan fingerprint density at radius 1 is 1.21 bits per heavy atom. The van der Waals surface area contributed by atoms with Gasteiger partial charge in [0.05, 0.1) is 46.9 Å². The van der Waals surface area contributed by atoms with Crippen molar-refractivity contribution < 1.29 is 23.8 Å². The van der Waals surface area contributed by atoms with Gasteiger partial charge in [-0.25, -0.2) is 14.2 Å². The van der Waals surface area contributed by atoms with E-state index in [0.29, 0.717) is 18.0 Å². The zero-order valence-corrected chi connectivity index (χ0v) is 24.1. The van der Waals surface area contributed by atoms with Gasteiger partial charge in [0.25, 0.3) is 0 Å². The molecule has 2 saturated heterocycles. The second kappa shape index (κ2) is 12.0. The van der Waals surface area contributed by atoms with E-state index in [0.717, 1.165) is 55.3 Å². The van der Waals surface area contributed by atoms with Crippen molar-refractivity contribution in [1.82, 2.24) is 19.4 Å². The van der Waals surface area contributed by atoms with Crippen LogP contribution in [0.25, 0.3) is 11.0 Å². The quantitative estimate of drug-likeness (QED) is 0.297. The van der Waals surface area contributed by atoms with E-state index < -0.39 is 11.8 Å². The van der Waals surface area contributed by atoms with Crippen LogP contribution in [0.4, 0.5) is 10.2 Å². The lowest BCUT2D eigenvalue weighted by Crippen LogP contribution is -2.53. The lowest BCUT2D eigenvalue weighted by atomic mass is 10.1. The van der Waals surface area contributed by atoms with Crippen molar-refractivity contribution in [2.24, 2.45) is 0 Å². The van der Waals surface area contributed by atoms with Gasteiger partial charge in [-0.1, -0.05) is 12.1 Å². The molecule has 0 radical (unpaired) electrons. The molecule has 2 aliphatic heterocycles. The predicted octanol–water partition coefficient (Wildman–Crippen LogP) is 4.78. The summed E-state index contributed by atoms with van der Waals surface area (Å²) in [6.45, 7) is 7.98. The highest BCUT2D eigenvalue weighted by Crippen LogP contribution is 2.30. The molecule has 222 valence electrons. The first-order chi connectivity index (χ1) is 20.8. The van der Waals surface area contributed by atoms with E-state index in [-0.39, 0.29) is 35.9 Å². The molecule has 0 aliphatic carbocycles. The van der Waals surface area contributed by atoms with Crippen molar-refractivity contribution in [1.29, 1.82) is 5.26 Å². The molecule has 2 aliphatic rings. The maximum atomic E-state index is 14.3. The highest BCUT2D eigenvalue weighted by molar-refractivity contribution is 5.92. The van der Waals surface area contributed by atoms with Crippen LogP contribution in [0, 0.1) is 17.1 Å². The molecule has 2 fully saturated rings. The largest absolute Gasteiger partial charge is 0.478 e. The number of nitrogens with zero attached hydrogens (tertiary/aromatic N) is 6. The topological polar surface area (TPSA) is 117 Å². The summed E-state index contributed by atoms with van der Waals surface area (Å²) in [6.07, 6.45) is 1.07. The summed E-state index contributed by atoms with van der Waals surface area (Å²) in [4.78, 5) is 26.0. The zero-order valence-electron chi connectivity index (χ0n) is 24.1. The third-order valence-electron chi connectivity index (χ3n) is 8.35. The first-order valence-electron chi connectivity index (χ1n) is 14.4. The fourth-order valence-electron chi connectivity index (χ4n) is 5.79. The Bertz CT molecular complexity index is 1700. The molecule has 2 aromatic heterocycles. The summed E-state index contributed by atoms with van der Waals surface area (Å²) in [7, 11) is 0. The molecule has 4 heterocycles. The highest BCUT2D eigenvalue weighted by atomic mass is 19.1. The third kappa shape index (κ3) is 5.89. The number of rotatable bonds is 9. The number of nitriles is 1. The summed E-state index contributed by atoms with van der Waals surface area (Å²) >= 11 is 0. The molecular weight excluding hydrogens is 551 g/mol. The van der Waals surface area contributed by atoms with Gasteiger partial charge in [-0.2, -0.15) is 10.2 Å². The molecule has 6 rings (SSSR count). The molecule has 10 nitrogen and oxygen atoms in total. The van der Waals surface area contributed by atoms with Crippen LogP contribution in [0.1, 0.15) is 53.6 Å². The number of hydrogen-bond donors (Lipinski definition) is 1. The number of carboxylic acid groups (broad SMARTS) is 1. The molecular formula is C32H33FN6O4. The van der Waals surface area contributed by atoms with Crippen LogP contribution < -0.4 is 9.64 Å². The number of benzene rings is 2. The molecule has 4 aromatic rings. The smallest absolute Gasteiger partial charge is 0.335 e. The fourth-order valence-corrected chi connectivity index (χ4v) is 5.79. The molecule has 0 amide bonds. The minimum atomic E-state index is -0.960. The number of aromatic nitrogens is 3. The van der Waals surface area contributed by atoms with E-state index in [1.165, 1.54) is 6.07 Å². The van der Waals surface area contributed by atoms with Crippen molar-refractivity contribution >= 4 is 22.8 Å². The second-order valence-electron chi connectivity index (χ2n) is 11.1. The Labute approximate surface area is 248 Å². The average Bonchev–Trinajstić information content (AvgIpc) is 3.35. The van der Waals surface area contributed by atoms with E-state index in [4.69, 9.17) is 24.7 Å². The summed E-state index contributed by atoms with van der Waals surface area (Å²) in [5.74, 6) is 0.645. The van der Waals surface area contributed by atoms with Gasteiger partial charge in [-0.15, -0.1) is 0 Å². The lowest BCUT2D eigenvalue weighted by molar-refractivity contribution is -0.0594. The molecule has 2 aromatic carbocycles. The molecule has 0 saturated carbocycles. The van der Waals surface area contributed by atoms with Crippen LogP contribution in [0.2, 0.25) is 0 Å². The molecule has 43 heavy (non-hydrogen) atoms. The van der Waals surface area contributed by atoms with Crippen LogP contribution in [0.15, 0.2) is 54.6 Å².